The highest BCUT2D eigenvalue weighted by atomic mass is 32.2. The number of ether oxygens (including phenoxy) is 3. The van der Waals surface area contributed by atoms with Crippen LogP contribution in [0.1, 0.15) is 13.2 Å². The van der Waals surface area contributed by atoms with Crippen molar-refractivity contribution in [2.24, 2.45) is 0 Å². The summed E-state index contributed by atoms with van der Waals surface area (Å²) in [7, 11) is -3.54. The van der Waals surface area contributed by atoms with Crippen molar-refractivity contribution in [3.05, 3.63) is 63.4 Å². The van der Waals surface area contributed by atoms with Gasteiger partial charge in [-0.25, -0.2) is 13.2 Å². The maximum atomic E-state index is 12.3. The minimum atomic E-state index is -3.54. The van der Waals surface area contributed by atoms with E-state index in [1.54, 1.807) is 18.2 Å². The van der Waals surface area contributed by atoms with Crippen LogP contribution in [0.25, 0.3) is 0 Å². The van der Waals surface area contributed by atoms with Crippen molar-refractivity contribution in [1.82, 2.24) is 9.55 Å². The van der Waals surface area contributed by atoms with Crippen LogP contribution in [0.15, 0.2) is 57.1 Å². The van der Waals surface area contributed by atoms with E-state index in [0.717, 1.165) is 10.6 Å². The average Bonchev–Trinajstić information content (AvgIpc) is 3.04. The van der Waals surface area contributed by atoms with Crippen molar-refractivity contribution in [3.63, 3.8) is 0 Å². The molecule has 1 aliphatic rings. The largest absolute Gasteiger partial charge is 0.394 e. The normalized spacial score (nSPS) is 24.9. The maximum Gasteiger partial charge on any atom is 0.330 e. The first-order chi connectivity index (χ1) is 14.7. The zero-order valence-electron chi connectivity index (χ0n) is 16.7. The Balaban J connectivity index is 1.65. The van der Waals surface area contributed by atoms with Gasteiger partial charge in [0.25, 0.3) is 5.56 Å². The van der Waals surface area contributed by atoms with Crippen LogP contribution in [0.2, 0.25) is 0 Å². The van der Waals surface area contributed by atoms with Crippen LogP contribution >= 0.6 is 0 Å². The van der Waals surface area contributed by atoms with Gasteiger partial charge in [0.05, 0.1) is 23.9 Å². The topological polar surface area (TPSA) is 157 Å². The molecule has 2 heterocycles. The number of benzene rings is 1. The molecule has 0 radical (unpaired) electrons. The van der Waals surface area contributed by atoms with Crippen molar-refractivity contribution in [3.8, 4) is 0 Å². The molecule has 5 atom stereocenters. The summed E-state index contributed by atoms with van der Waals surface area (Å²) in [6.07, 6.45) is -4.37. The molecule has 0 aliphatic carbocycles. The zero-order valence-corrected chi connectivity index (χ0v) is 17.5. The third-order valence-corrected chi connectivity index (χ3v) is 6.47. The molecule has 1 unspecified atom stereocenters. The molecule has 3 rings (SSSR count). The summed E-state index contributed by atoms with van der Waals surface area (Å²) in [6.45, 7) is 0.801. The van der Waals surface area contributed by atoms with Crippen molar-refractivity contribution in [1.29, 1.82) is 0 Å². The fourth-order valence-electron chi connectivity index (χ4n) is 3.20. The van der Waals surface area contributed by atoms with Crippen molar-refractivity contribution in [2.45, 2.75) is 42.6 Å². The molecule has 1 aliphatic heterocycles. The Labute approximate surface area is 177 Å². The molecule has 3 N–H and O–H groups in total. The highest BCUT2D eigenvalue weighted by molar-refractivity contribution is 7.91. The number of aromatic nitrogens is 2. The standard InChI is InChI=1S/C19H24N2O9S/c1-12(28-9-10-31(26,27)13-5-3-2-4-6-13)29-17-16(24)14(11-22)30-18(17)21-8-7-15(23)20-19(21)25/h2-8,12,14,16-18,22,24H,9-11H2,1H3,(H,20,23,25)/t12?,14-,16-,17-,18-/m1/s1. The number of aliphatic hydroxyl groups excluding tert-OH is 2. The van der Waals surface area contributed by atoms with E-state index in [2.05, 4.69) is 4.98 Å². The molecule has 11 nitrogen and oxygen atoms in total. The van der Waals surface area contributed by atoms with Gasteiger partial charge in [-0.05, 0) is 19.1 Å². The fraction of sp³-hybridized carbons (Fsp3) is 0.474. The lowest BCUT2D eigenvalue weighted by Crippen LogP contribution is -2.41. The lowest BCUT2D eigenvalue weighted by molar-refractivity contribution is -0.191. The Morgan fingerprint density at radius 1 is 1.23 bits per heavy atom. The van der Waals surface area contributed by atoms with Gasteiger partial charge >= 0.3 is 5.69 Å². The zero-order chi connectivity index (χ0) is 22.6. The lowest BCUT2D eigenvalue weighted by Gasteiger charge is -2.25. The van der Waals surface area contributed by atoms with Crippen molar-refractivity contribution >= 4 is 9.84 Å². The maximum absolute atomic E-state index is 12.3. The van der Waals surface area contributed by atoms with E-state index in [9.17, 15) is 28.2 Å². The number of nitrogens with zero attached hydrogens (tertiary/aromatic N) is 1. The van der Waals surface area contributed by atoms with Crippen LogP contribution in [0, 0.1) is 0 Å². The molecule has 0 saturated carbocycles. The second kappa shape index (κ2) is 9.85. The molecule has 170 valence electrons. The van der Waals surface area contributed by atoms with Gasteiger partial charge in [0.2, 0.25) is 0 Å². The fourth-order valence-corrected chi connectivity index (χ4v) is 4.32. The Morgan fingerprint density at radius 2 is 1.94 bits per heavy atom. The molecule has 2 aromatic rings. The predicted octanol–water partition coefficient (Wildman–Crippen LogP) is -0.991. The predicted molar refractivity (Wildman–Crippen MR) is 107 cm³/mol. The van der Waals surface area contributed by atoms with Gasteiger partial charge < -0.3 is 24.4 Å². The van der Waals surface area contributed by atoms with E-state index in [0.29, 0.717) is 0 Å². The molecule has 0 bridgehead atoms. The molecule has 0 spiro atoms. The van der Waals surface area contributed by atoms with Gasteiger partial charge in [-0.3, -0.25) is 14.3 Å². The highest BCUT2D eigenvalue weighted by Crippen LogP contribution is 2.31. The second-order valence-corrected chi connectivity index (χ2v) is 9.04. The van der Waals surface area contributed by atoms with Crippen molar-refractivity contribution < 1.29 is 32.8 Å². The summed E-state index contributed by atoms with van der Waals surface area (Å²) in [5.41, 5.74) is -1.38. The molecule has 1 aromatic heterocycles. The van der Waals surface area contributed by atoms with Gasteiger partial charge in [0.1, 0.15) is 18.3 Å². The molecular weight excluding hydrogens is 432 g/mol. The highest BCUT2D eigenvalue weighted by Gasteiger charge is 2.46. The quantitative estimate of drug-likeness (QED) is 0.403. The summed E-state index contributed by atoms with van der Waals surface area (Å²) in [4.78, 5) is 25.7. The van der Waals surface area contributed by atoms with E-state index in [-0.39, 0.29) is 17.3 Å². The first kappa shape index (κ1) is 23.3. The second-order valence-electron chi connectivity index (χ2n) is 6.93. The number of aliphatic hydroxyl groups is 2. The Morgan fingerprint density at radius 3 is 2.58 bits per heavy atom. The Bertz CT molecular complexity index is 1080. The Kier molecular flexibility index (Phi) is 7.41. The summed E-state index contributed by atoms with van der Waals surface area (Å²) in [5, 5.41) is 19.9. The summed E-state index contributed by atoms with van der Waals surface area (Å²) >= 11 is 0. The minimum absolute atomic E-state index is 0.172. The van der Waals surface area contributed by atoms with Gasteiger partial charge in [-0.1, -0.05) is 18.2 Å². The molecular formula is C19H24N2O9S. The van der Waals surface area contributed by atoms with Crippen LogP contribution in [0.5, 0.6) is 0 Å². The molecule has 12 heteroatoms. The van der Waals surface area contributed by atoms with E-state index >= 15 is 0 Å². The van der Waals surface area contributed by atoms with Gasteiger partial charge in [-0.2, -0.15) is 0 Å². The third kappa shape index (κ3) is 5.47. The molecule has 0 amide bonds. The van der Waals surface area contributed by atoms with Crippen LogP contribution in [-0.2, 0) is 24.0 Å². The number of nitrogens with one attached hydrogen (secondary N) is 1. The molecule has 1 aromatic carbocycles. The summed E-state index contributed by atoms with van der Waals surface area (Å²) in [5.74, 6) is -0.281. The summed E-state index contributed by atoms with van der Waals surface area (Å²) in [6, 6.07) is 9.04. The van der Waals surface area contributed by atoms with Crippen LogP contribution in [0.3, 0.4) is 0 Å². The van der Waals surface area contributed by atoms with E-state index < -0.39 is 58.5 Å². The molecule has 31 heavy (non-hydrogen) atoms. The smallest absolute Gasteiger partial charge is 0.330 e. The van der Waals surface area contributed by atoms with E-state index in [1.165, 1.54) is 25.3 Å². The number of rotatable bonds is 9. The van der Waals surface area contributed by atoms with Crippen LogP contribution < -0.4 is 11.2 Å². The number of hydrogen-bond donors (Lipinski definition) is 3. The van der Waals surface area contributed by atoms with Crippen LogP contribution in [0.4, 0.5) is 0 Å². The SMILES string of the molecule is CC(OCCS(=O)(=O)c1ccccc1)O[C@@H]1[C@H](O)[C@@H](CO)O[C@H]1n1ccc(=O)[nH]c1=O. The van der Waals surface area contributed by atoms with E-state index in [4.69, 9.17) is 14.2 Å². The monoisotopic (exact) mass is 456 g/mol. The third-order valence-electron chi connectivity index (χ3n) is 4.77. The first-order valence-electron chi connectivity index (χ1n) is 9.53. The van der Waals surface area contributed by atoms with Crippen LogP contribution in [-0.4, -0.2) is 71.8 Å². The average molecular weight is 456 g/mol. The number of aromatic amines is 1. The number of hydrogen-bond acceptors (Lipinski definition) is 9. The van der Waals surface area contributed by atoms with Gasteiger partial charge in [-0.15, -0.1) is 0 Å². The van der Waals surface area contributed by atoms with Gasteiger partial charge in [0.15, 0.2) is 22.4 Å². The lowest BCUT2D eigenvalue weighted by atomic mass is 10.1. The van der Waals surface area contributed by atoms with Gasteiger partial charge in [0, 0.05) is 12.3 Å². The summed E-state index contributed by atoms with van der Waals surface area (Å²) < 4.78 is 42.3. The molecule has 1 fully saturated rings. The number of H-pyrrole nitrogens is 1. The van der Waals surface area contributed by atoms with Crippen molar-refractivity contribution in [2.75, 3.05) is 19.0 Å². The van der Waals surface area contributed by atoms with E-state index in [1.807, 2.05) is 0 Å². The first-order valence-corrected chi connectivity index (χ1v) is 11.2. The Hall–Kier alpha value is -2.35. The number of sulfone groups is 1. The minimum Gasteiger partial charge on any atom is -0.394 e. The molecule has 1 saturated heterocycles.